The Balaban J connectivity index is 1.76. The third kappa shape index (κ3) is 6.29. The molecule has 0 spiro atoms. The molecule has 0 aromatic heterocycles. The van der Waals surface area contributed by atoms with Crippen molar-refractivity contribution in [2.45, 2.75) is 20.0 Å². The van der Waals surface area contributed by atoms with E-state index in [0.29, 0.717) is 36.0 Å². The predicted molar refractivity (Wildman–Crippen MR) is 137 cm³/mol. The molecule has 8 heteroatoms. The molecule has 0 bridgehead atoms. The summed E-state index contributed by atoms with van der Waals surface area (Å²) in [5.41, 5.74) is 3.49. The molecule has 3 aromatic carbocycles. The second-order valence-electron chi connectivity index (χ2n) is 8.47. The van der Waals surface area contributed by atoms with Gasteiger partial charge in [0.1, 0.15) is 18.5 Å². The Kier molecular flexibility index (Phi) is 7.79. The minimum absolute atomic E-state index is 0.0519. The van der Waals surface area contributed by atoms with E-state index in [0.717, 1.165) is 16.7 Å². The number of ether oxygens (including phenoxy) is 6. The first kappa shape index (κ1) is 25.8. The summed E-state index contributed by atoms with van der Waals surface area (Å²) in [5, 5.41) is 0. The molecular weight excluding hydrogens is 476 g/mol. The van der Waals surface area contributed by atoms with Crippen molar-refractivity contribution < 1.29 is 38.0 Å². The van der Waals surface area contributed by atoms with Crippen molar-refractivity contribution in [1.82, 2.24) is 0 Å². The quantitative estimate of drug-likeness (QED) is 0.161. The zero-order chi connectivity index (χ0) is 26.5. The molecular formula is C29H28O8. The van der Waals surface area contributed by atoms with Gasteiger partial charge in [-0.25, -0.2) is 4.79 Å². The van der Waals surface area contributed by atoms with Crippen molar-refractivity contribution in [2.75, 3.05) is 27.4 Å². The van der Waals surface area contributed by atoms with E-state index in [2.05, 4.69) is 6.58 Å². The van der Waals surface area contributed by atoms with Gasteiger partial charge in [0, 0.05) is 18.1 Å². The summed E-state index contributed by atoms with van der Waals surface area (Å²) in [6, 6.07) is 16.4. The van der Waals surface area contributed by atoms with Crippen LogP contribution in [0.2, 0.25) is 0 Å². The SMILES string of the molecule is C=C(C)C(=O)Oc1cc(-c2ccc(-c3ccc(OC)c(OC)c3)cc2OCC2CO2)ccc1OC(C)=O. The van der Waals surface area contributed by atoms with Crippen molar-refractivity contribution in [3.05, 3.63) is 66.7 Å². The fraction of sp³-hybridized carbons (Fsp3) is 0.241. The maximum atomic E-state index is 12.2. The van der Waals surface area contributed by atoms with Gasteiger partial charge in [-0.05, 0) is 53.9 Å². The first-order valence-corrected chi connectivity index (χ1v) is 11.6. The number of methoxy groups -OCH3 is 2. The van der Waals surface area contributed by atoms with E-state index < -0.39 is 11.9 Å². The van der Waals surface area contributed by atoms with Gasteiger partial charge < -0.3 is 28.4 Å². The Labute approximate surface area is 215 Å². The summed E-state index contributed by atoms with van der Waals surface area (Å²) in [6.07, 6.45) is 0.0519. The van der Waals surface area contributed by atoms with Gasteiger partial charge >= 0.3 is 11.9 Å². The van der Waals surface area contributed by atoms with Crippen LogP contribution in [0.15, 0.2) is 66.7 Å². The summed E-state index contributed by atoms with van der Waals surface area (Å²) in [7, 11) is 3.18. The summed E-state index contributed by atoms with van der Waals surface area (Å²) in [6.45, 7) is 7.48. The second-order valence-corrected chi connectivity index (χ2v) is 8.47. The molecule has 0 N–H and O–H groups in total. The maximum absolute atomic E-state index is 12.2. The molecule has 8 nitrogen and oxygen atoms in total. The molecule has 3 aromatic rings. The van der Waals surface area contributed by atoms with E-state index in [-0.39, 0.29) is 23.2 Å². The Morgan fingerprint density at radius 3 is 2.03 bits per heavy atom. The first-order chi connectivity index (χ1) is 17.8. The van der Waals surface area contributed by atoms with Gasteiger partial charge in [-0.1, -0.05) is 30.8 Å². The molecule has 1 unspecified atom stereocenters. The monoisotopic (exact) mass is 504 g/mol. The molecule has 1 saturated heterocycles. The smallest absolute Gasteiger partial charge is 0.338 e. The van der Waals surface area contributed by atoms with E-state index in [9.17, 15) is 9.59 Å². The van der Waals surface area contributed by atoms with E-state index in [1.807, 2.05) is 36.4 Å². The van der Waals surface area contributed by atoms with E-state index in [4.69, 9.17) is 28.4 Å². The van der Waals surface area contributed by atoms with Crippen molar-refractivity contribution in [1.29, 1.82) is 0 Å². The molecule has 0 aliphatic carbocycles. The summed E-state index contributed by atoms with van der Waals surface area (Å²) in [5.74, 6) is 0.922. The molecule has 0 radical (unpaired) electrons. The maximum Gasteiger partial charge on any atom is 0.338 e. The van der Waals surface area contributed by atoms with Crippen LogP contribution < -0.4 is 23.7 Å². The average Bonchev–Trinajstić information content (AvgIpc) is 3.72. The normalized spacial score (nSPS) is 13.9. The number of benzene rings is 3. The summed E-state index contributed by atoms with van der Waals surface area (Å²) >= 11 is 0. The van der Waals surface area contributed by atoms with Crippen LogP contribution in [0.25, 0.3) is 22.3 Å². The Hall–Kier alpha value is -4.30. The largest absolute Gasteiger partial charge is 0.493 e. The minimum atomic E-state index is -0.628. The van der Waals surface area contributed by atoms with E-state index in [1.165, 1.54) is 13.8 Å². The molecule has 1 fully saturated rings. The van der Waals surface area contributed by atoms with Crippen molar-refractivity contribution >= 4 is 11.9 Å². The van der Waals surface area contributed by atoms with E-state index in [1.54, 1.807) is 32.4 Å². The molecule has 37 heavy (non-hydrogen) atoms. The zero-order valence-corrected chi connectivity index (χ0v) is 21.2. The fourth-order valence-electron chi connectivity index (χ4n) is 3.60. The number of hydrogen-bond donors (Lipinski definition) is 0. The zero-order valence-electron chi connectivity index (χ0n) is 21.2. The van der Waals surface area contributed by atoms with E-state index >= 15 is 0 Å². The third-order valence-electron chi connectivity index (χ3n) is 5.59. The van der Waals surface area contributed by atoms with Crippen LogP contribution in [-0.2, 0) is 14.3 Å². The number of carbonyl (C=O) groups is 2. The average molecular weight is 505 g/mol. The molecule has 0 amide bonds. The standard InChI is InChI=1S/C29H28O8/c1-17(2)29(31)37-28-14-21(8-11-25(28)36-18(3)30)23-9-6-19(12-26(23)35-16-22-15-34-22)20-7-10-24(32-4)27(13-20)33-5/h6-14,22H,1,15-16H2,2-5H3. The van der Waals surface area contributed by atoms with Crippen LogP contribution in [0.3, 0.4) is 0 Å². The Morgan fingerprint density at radius 2 is 1.41 bits per heavy atom. The highest BCUT2D eigenvalue weighted by Crippen LogP contribution is 2.40. The van der Waals surface area contributed by atoms with Crippen molar-refractivity contribution in [3.8, 4) is 51.0 Å². The van der Waals surface area contributed by atoms with Crippen LogP contribution in [0.1, 0.15) is 13.8 Å². The van der Waals surface area contributed by atoms with Gasteiger partial charge in [0.15, 0.2) is 23.0 Å². The summed E-state index contributed by atoms with van der Waals surface area (Å²) in [4.78, 5) is 23.8. The van der Waals surface area contributed by atoms with Crippen molar-refractivity contribution in [2.24, 2.45) is 0 Å². The van der Waals surface area contributed by atoms with Gasteiger partial charge in [0.2, 0.25) is 0 Å². The number of epoxide rings is 1. The van der Waals surface area contributed by atoms with Crippen molar-refractivity contribution in [3.63, 3.8) is 0 Å². The Morgan fingerprint density at radius 1 is 0.811 bits per heavy atom. The predicted octanol–water partition coefficient (Wildman–Crippen LogP) is 5.22. The lowest BCUT2D eigenvalue weighted by Gasteiger charge is -2.16. The fourth-order valence-corrected chi connectivity index (χ4v) is 3.60. The molecule has 1 heterocycles. The number of hydrogen-bond acceptors (Lipinski definition) is 8. The highest BCUT2D eigenvalue weighted by atomic mass is 16.6. The van der Waals surface area contributed by atoms with Crippen LogP contribution in [0.5, 0.6) is 28.7 Å². The lowest BCUT2D eigenvalue weighted by molar-refractivity contribution is -0.133. The van der Waals surface area contributed by atoms with Crippen LogP contribution in [-0.4, -0.2) is 45.5 Å². The van der Waals surface area contributed by atoms with Gasteiger partial charge in [0.05, 0.1) is 20.8 Å². The minimum Gasteiger partial charge on any atom is -0.493 e. The molecule has 192 valence electrons. The molecule has 4 rings (SSSR count). The summed E-state index contributed by atoms with van der Waals surface area (Å²) < 4.78 is 33.0. The molecule has 1 atom stereocenters. The Bertz CT molecular complexity index is 1340. The molecule has 0 saturated carbocycles. The highest BCUT2D eigenvalue weighted by Gasteiger charge is 2.24. The van der Waals surface area contributed by atoms with Gasteiger partial charge in [-0.2, -0.15) is 0 Å². The number of carbonyl (C=O) groups excluding carboxylic acids is 2. The van der Waals surface area contributed by atoms with Gasteiger partial charge in [-0.3, -0.25) is 4.79 Å². The third-order valence-corrected chi connectivity index (χ3v) is 5.59. The highest BCUT2D eigenvalue weighted by molar-refractivity contribution is 5.90. The topological polar surface area (TPSA) is 92.8 Å². The van der Waals surface area contributed by atoms with Gasteiger partial charge in [0.25, 0.3) is 0 Å². The lowest BCUT2D eigenvalue weighted by Crippen LogP contribution is -2.11. The first-order valence-electron chi connectivity index (χ1n) is 11.6. The van der Waals surface area contributed by atoms with Gasteiger partial charge in [-0.15, -0.1) is 0 Å². The number of esters is 2. The van der Waals surface area contributed by atoms with Crippen LogP contribution in [0, 0.1) is 0 Å². The molecule has 1 aliphatic rings. The van der Waals surface area contributed by atoms with Crippen LogP contribution >= 0.6 is 0 Å². The number of rotatable bonds is 10. The second kappa shape index (κ2) is 11.2. The molecule has 1 aliphatic heterocycles. The lowest BCUT2D eigenvalue weighted by atomic mass is 9.98. The van der Waals surface area contributed by atoms with Crippen LogP contribution in [0.4, 0.5) is 0 Å².